The highest BCUT2D eigenvalue weighted by Gasteiger charge is 2.18. The van der Waals surface area contributed by atoms with E-state index in [4.69, 9.17) is 9.47 Å². The molecule has 7 aromatic rings. The summed E-state index contributed by atoms with van der Waals surface area (Å²) >= 11 is 0. The summed E-state index contributed by atoms with van der Waals surface area (Å²) in [4.78, 5) is 4.68. The third kappa shape index (κ3) is 11.1. The number of benzene rings is 7. The van der Waals surface area contributed by atoms with E-state index in [-0.39, 0.29) is 0 Å². The number of nitrogens with zero attached hydrogens (tertiary/aromatic N) is 2. The van der Waals surface area contributed by atoms with Gasteiger partial charge in [0, 0.05) is 40.5 Å². The van der Waals surface area contributed by atoms with Gasteiger partial charge >= 0.3 is 0 Å². The van der Waals surface area contributed by atoms with Crippen LogP contribution >= 0.6 is 0 Å². The van der Waals surface area contributed by atoms with E-state index in [2.05, 4.69) is 225 Å². The average Bonchev–Trinajstić information content (AvgIpc) is 3.29. The first-order valence-corrected chi connectivity index (χ1v) is 21.8. The van der Waals surface area contributed by atoms with Crippen LogP contribution in [0.2, 0.25) is 0 Å². The van der Waals surface area contributed by atoms with E-state index < -0.39 is 0 Å². The Bertz CT molecular complexity index is 2480. The quantitative estimate of drug-likeness (QED) is 0.0676. The van der Waals surface area contributed by atoms with Crippen LogP contribution < -0.4 is 14.5 Å². The molecule has 0 bridgehead atoms. The molecular formula is C57H58N2O2. The highest BCUT2D eigenvalue weighted by atomic mass is 16.5. The van der Waals surface area contributed by atoms with Gasteiger partial charge in [-0.05, 0) is 170 Å². The van der Waals surface area contributed by atoms with E-state index >= 15 is 0 Å². The van der Waals surface area contributed by atoms with Crippen LogP contribution in [0, 0.1) is 25.9 Å². The molecule has 2 atom stereocenters. The molecule has 7 rings (SSSR count). The van der Waals surface area contributed by atoms with Crippen LogP contribution in [0.15, 0.2) is 176 Å². The Morgan fingerprint density at radius 1 is 0.525 bits per heavy atom. The minimum atomic E-state index is 0.405. The van der Waals surface area contributed by atoms with Crippen molar-refractivity contribution in [1.82, 2.24) is 0 Å². The van der Waals surface area contributed by atoms with Crippen LogP contribution in [0.3, 0.4) is 0 Å². The van der Waals surface area contributed by atoms with Gasteiger partial charge in [0.05, 0.1) is 13.2 Å². The molecule has 308 valence electrons. The zero-order valence-corrected chi connectivity index (χ0v) is 36.4. The minimum absolute atomic E-state index is 0.405. The summed E-state index contributed by atoms with van der Waals surface area (Å²) in [5.41, 5.74) is 14.3. The Labute approximate surface area is 364 Å². The van der Waals surface area contributed by atoms with Crippen LogP contribution in [0.4, 0.5) is 34.1 Å². The number of rotatable bonds is 17. The predicted molar refractivity (Wildman–Crippen MR) is 257 cm³/mol. The first kappa shape index (κ1) is 42.4. The van der Waals surface area contributed by atoms with E-state index in [1.54, 1.807) is 0 Å². The smallest absolute Gasteiger partial charge is 0.119 e. The molecule has 0 saturated heterocycles. The van der Waals surface area contributed by atoms with Crippen molar-refractivity contribution < 1.29 is 9.47 Å². The van der Waals surface area contributed by atoms with Crippen molar-refractivity contribution in [3.05, 3.63) is 198 Å². The molecule has 7 aromatic carbocycles. The largest absolute Gasteiger partial charge is 0.494 e. The summed E-state index contributed by atoms with van der Waals surface area (Å²) < 4.78 is 11.1. The molecule has 4 heteroatoms. The summed E-state index contributed by atoms with van der Waals surface area (Å²) in [6.07, 6.45) is 6.53. The van der Waals surface area contributed by atoms with Crippen LogP contribution in [0.5, 0.6) is 5.75 Å². The van der Waals surface area contributed by atoms with Crippen molar-refractivity contribution in [3.63, 3.8) is 0 Å². The molecular weight excluding hydrogens is 745 g/mol. The lowest BCUT2D eigenvalue weighted by Crippen LogP contribution is -2.10. The third-order valence-corrected chi connectivity index (χ3v) is 11.3. The van der Waals surface area contributed by atoms with Crippen molar-refractivity contribution in [1.29, 1.82) is 0 Å². The molecule has 0 N–H and O–H groups in total. The zero-order valence-electron chi connectivity index (χ0n) is 36.4. The lowest BCUT2D eigenvalue weighted by Gasteiger charge is -2.27. The van der Waals surface area contributed by atoms with Crippen LogP contribution in [-0.4, -0.2) is 13.2 Å². The molecule has 0 heterocycles. The maximum Gasteiger partial charge on any atom is 0.119 e. The van der Waals surface area contributed by atoms with E-state index in [0.717, 1.165) is 65.6 Å². The highest BCUT2D eigenvalue weighted by Crippen LogP contribution is 2.40. The normalized spacial score (nSPS) is 11.8. The van der Waals surface area contributed by atoms with E-state index in [1.807, 2.05) is 6.92 Å². The Hall–Kier alpha value is -6.70. The Balaban J connectivity index is 1.05. The SMILES string of the molecule is CCOC#CCCCOc1ccc(C(CC)CC(C)c2ccc(N(c3ccc(-c4ccc(N(c5ccccc5)c5cccc(C)c5)cc4)cc3)c3cccc(C)c3)cc2)cc1. The fourth-order valence-electron chi connectivity index (χ4n) is 8.03. The lowest BCUT2D eigenvalue weighted by molar-refractivity contribution is 0.297. The molecule has 0 radical (unpaired) electrons. The van der Waals surface area contributed by atoms with E-state index in [0.29, 0.717) is 25.0 Å². The third-order valence-electron chi connectivity index (χ3n) is 11.3. The first-order chi connectivity index (χ1) is 29.9. The Morgan fingerprint density at radius 3 is 1.52 bits per heavy atom. The summed E-state index contributed by atoms with van der Waals surface area (Å²) in [5, 5.41) is 0. The first-order valence-electron chi connectivity index (χ1n) is 21.8. The summed E-state index contributed by atoms with van der Waals surface area (Å²) in [6, 6.07) is 63.8. The molecule has 0 fully saturated rings. The summed E-state index contributed by atoms with van der Waals surface area (Å²) in [6.45, 7) is 12.2. The monoisotopic (exact) mass is 802 g/mol. The van der Waals surface area contributed by atoms with Crippen LogP contribution in [0.25, 0.3) is 11.1 Å². The standard InChI is InChI=1S/C57H58N2O2/c1-6-46(48-28-36-57(37-29-48)61-39-13-9-12-38-60-7-2)42-45(5)47-22-30-52(31-23-47)59(56-21-15-17-44(4)41-56)54-34-26-50(27-35-54)49-24-32-53(33-25-49)58(51-18-10-8-11-19-51)55-20-14-16-43(3)40-55/h8,10-11,14-37,40-41,45-46H,6-7,9,13,39,42H2,1-5H3. The molecule has 2 unspecified atom stereocenters. The van der Waals surface area contributed by atoms with Crippen molar-refractivity contribution in [2.75, 3.05) is 23.0 Å². The predicted octanol–water partition coefficient (Wildman–Crippen LogP) is 15.8. The number of unbranched alkanes of at least 4 members (excludes halogenated alkanes) is 1. The molecule has 61 heavy (non-hydrogen) atoms. The second-order valence-corrected chi connectivity index (χ2v) is 15.8. The van der Waals surface area contributed by atoms with Crippen molar-refractivity contribution in [3.8, 4) is 28.9 Å². The van der Waals surface area contributed by atoms with Crippen molar-refractivity contribution in [2.24, 2.45) is 0 Å². The van der Waals surface area contributed by atoms with Gasteiger partial charge in [-0.1, -0.05) is 111 Å². The number of hydrogen-bond donors (Lipinski definition) is 0. The molecule has 0 aromatic heterocycles. The molecule has 0 aliphatic rings. The summed E-state index contributed by atoms with van der Waals surface area (Å²) in [5.74, 6) is 4.80. The number of para-hydroxylation sites is 1. The van der Waals surface area contributed by atoms with E-state index in [1.165, 1.54) is 33.4 Å². The van der Waals surface area contributed by atoms with Crippen LogP contribution in [-0.2, 0) is 4.74 Å². The van der Waals surface area contributed by atoms with Gasteiger partial charge in [-0.25, -0.2) is 0 Å². The molecule has 4 nitrogen and oxygen atoms in total. The van der Waals surface area contributed by atoms with Gasteiger partial charge in [0.15, 0.2) is 0 Å². The van der Waals surface area contributed by atoms with Crippen molar-refractivity contribution >= 4 is 34.1 Å². The molecule has 0 aliphatic carbocycles. The molecule has 0 aliphatic heterocycles. The fourth-order valence-corrected chi connectivity index (χ4v) is 8.03. The summed E-state index contributed by atoms with van der Waals surface area (Å²) in [7, 11) is 0. The van der Waals surface area contributed by atoms with Gasteiger partial charge in [0.1, 0.15) is 11.9 Å². The van der Waals surface area contributed by atoms with Gasteiger partial charge in [-0.3, -0.25) is 0 Å². The van der Waals surface area contributed by atoms with Crippen molar-refractivity contribution in [2.45, 2.75) is 72.1 Å². The fraction of sp³-hybridized carbons (Fsp3) is 0.228. The van der Waals surface area contributed by atoms with Gasteiger partial charge in [0.25, 0.3) is 0 Å². The van der Waals surface area contributed by atoms with Gasteiger partial charge < -0.3 is 19.3 Å². The Kier molecular flexibility index (Phi) is 14.6. The number of aryl methyl sites for hydroxylation is 2. The maximum atomic E-state index is 5.98. The number of ether oxygens (including phenoxy) is 2. The number of anilines is 6. The topological polar surface area (TPSA) is 24.9 Å². The number of hydrogen-bond acceptors (Lipinski definition) is 4. The zero-order chi connectivity index (χ0) is 42.4. The molecule has 0 saturated carbocycles. The van der Waals surface area contributed by atoms with Gasteiger partial charge in [0.2, 0.25) is 0 Å². The molecule has 0 amide bonds. The van der Waals surface area contributed by atoms with E-state index in [9.17, 15) is 0 Å². The lowest BCUT2D eigenvalue weighted by atomic mass is 9.84. The second kappa shape index (κ2) is 21.0. The van der Waals surface area contributed by atoms with Gasteiger partial charge in [-0.15, -0.1) is 0 Å². The van der Waals surface area contributed by atoms with Gasteiger partial charge in [-0.2, -0.15) is 0 Å². The Morgan fingerprint density at radius 2 is 1.02 bits per heavy atom. The highest BCUT2D eigenvalue weighted by molar-refractivity contribution is 5.81. The second-order valence-electron chi connectivity index (χ2n) is 15.8. The minimum Gasteiger partial charge on any atom is -0.494 e. The molecule has 0 spiro atoms. The maximum absolute atomic E-state index is 5.98. The van der Waals surface area contributed by atoms with Crippen LogP contribution in [0.1, 0.15) is 80.5 Å². The average molecular weight is 803 g/mol.